The predicted octanol–water partition coefficient (Wildman–Crippen LogP) is 2.66. The Balaban J connectivity index is 1.35. The Morgan fingerprint density at radius 2 is 2.25 bits per heavy atom. The molecule has 0 bridgehead atoms. The lowest BCUT2D eigenvalue weighted by molar-refractivity contribution is -0.116. The van der Waals surface area contributed by atoms with Crippen molar-refractivity contribution in [2.75, 3.05) is 31.6 Å². The highest BCUT2D eigenvalue weighted by Gasteiger charge is 2.24. The molecule has 0 unspecified atom stereocenters. The van der Waals surface area contributed by atoms with E-state index in [1.54, 1.807) is 6.07 Å². The number of fused-ring (bicyclic) bond motifs is 1. The number of nitrogens with one attached hydrogen (secondary N) is 1. The van der Waals surface area contributed by atoms with E-state index in [0.717, 1.165) is 17.1 Å². The molecular weight excluding hydrogens is 442 g/mol. The van der Waals surface area contributed by atoms with E-state index in [9.17, 15) is 18.4 Å². The summed E-state index contributed by atoms with van der Waals surface area (Å²) >= 11 is 0.865. The molecule has 3 heterocycles. The van der Waals surface area contributed by atoms with Crippen LogP contribution in [0.4, 0.5) is 13.8 Å². The van der Waals surface area contributed by atoms with Gasteiger partial charge in [-0.3, -0.25) is 9.59 Å². The van der Waals surface area contributed by atoms with Gasteiger partial charge in [0.05, 0.1) is 6.61 Å². The fraction of sp³-hybridized carbons (Fsp3) is 0.476. The van der Waals surface area contributed by atoms with Crippen molar-refractivity contribution < 1.29 is 27.8 Å². The van der Waals surface area contributed by atoms with E-state index in [2.05, 4.69) is 9.69 Å². The van der Waals surface area contributed by atoms with Crippen molar-refractivity contribution in [1.29, 1.82) is 0 Å². The van der Waals surface area contributed by atoms with Crippen LogP contribution in [0.1, 0.15) is 40.7 Å². The summed E-state index contributed by atoms with van der Waals surface area (Å²) in [5, 5.41) is 2.82. The first kappa shape index (κ1) is 22.4. The Kier molecular flexibility index (Phi) is 6.85. The molecule has 1 aromatic carbocycles. The topological polar surface area (TPSA) is 107 Å². The second kappa shape index (κ2) is 9.78. The molecule has 0 radical (unpaired) electrons. The van der Waals surface area contributed by atoms with Crippen LogP contribution in [0.15, 0.2) is 12.1 Å². The first-order valence-corrected chi connectivity index (χ1v) is 11.2. The van der Waals surface area contributed by atoms with Crippen LogP contribution >= 0.6 is 11.5 Å². The Bertz CT molecular complexity index is 1020. The van der Waals surface area contributed by atoms with Crippen LogP contribution in [0.2, 0.25) is 0 Å². The molecule has 2 amide bonds. The predicted molar refractivity (Wildman–Crippen MR) is 114 cm³/mol. The number of carbonyl (C=O) groups is 2. The first-order valence-electron chi connectivity index (χ1n) is 10.4. The lowest BCUT2D eigenvalue weighted by Crippen LogP contribution is -2.24. The fourth-order valence-corrected chi connectivity index (χ4v) is 4.57. The molecule has 8 nitrogen and oxygen atoms in total. The van der Waals surface area contributed by atoms with Gasteiger partial charge in [-0.25, -0.2) is 8.78 Å². The van der Waals surface area contributed by atoms with Gasteiger partial charge in [-0.15, -0.1) is 0 Å². The van der Waals surface area contributed by atoms with Gasteiger partial charge in [0, 0.05) is 37.1 Å². The molecule has 0 spiro atoms. The van der Waals surface area contributed by atoms with Gasteiger partial charge in [0.2, 0.25) is 11.8 Å². The molecule has 3 N–H and O–H groups in total. The largest absolute Gasteiger partial charge is 0.493 e. The van der Waals surface area contributed by atoms with Crippen molar-refractivity contribution in [1.82, 2.24) is 9.27 Å². The number of rotatable bonds is 9. The second-order valence-electron chi connectivity index (χ2n) is 7.83. The van der Waals surface area contributed by atoms with Crippen LogP contribution in [-0.2, 0) is 17.8 Å². The number of hydrogen-bond acceptors (Lipinski definition) is 7. The molecule has 1 atom stereocenters. The molecule has 11 heteroatoms. The SMILES string of the molecule is NC(=O)c1c(OCc2cc3c(cc2F)CCO3)nsc1NC(=O)CCCN1CC[C@@H](F)C1. The zero-order valence-corrected chi connectivity index (χ0v) is 18.2. The van der Waals surface area contributed by atoms with Crippen molar-refractivity contribution in [3.05, 3.63) is 34.6 Å². The van der Waals surface area contributed by atoms with Crippen LogP contribution in [0.5, 0.6) is 11.6 Å². The zero-order chi connectivity index (χ0) is 22.7. The molecule has 4 rings (SSSR count). The van der Waals surface area contributed by atoms with Crippen LogP contribution in [0.25, 0.3) is 0 Å². The Morgan fingerprint density at radius 1 is 1.41 bits per heavy atom. The highest BCUT2D eigenvalue weighted by Crippen LogP contribution is 2.32. The monoisotopic (exact) mass is 466 g/mol. The van der Waals surface area contributed by atoms with Gasteiger partial charge in [-0.05, 0) is 43.1 Å². The molecule has 1 aromatic heterocycles. The van der Waals surface area contributed by atoms with E-state index in [0.29, 0.717) is 51.3 Å². The maximum atomic E-state index is 14.3. The third-order valence-corrected chi connectivity index (χ3v) is 6.22. The summed E-state index contributed by atoms with van der Waals surface area (Å²) in [6, 6.07) is 2.99. The first-order chi connectivity index (χ1) is 15.4. The van der Waals surface area contributed by atoms with Gasteiger partial charge in [0.1, 0.15) is 34.9 Å². The van der Waals surface area contributed by atoms with Crippen molar-refractivity contribution in [2.24, 2.45) is 5.73 Å². The summed E-state index contributed by atoms with van der Waals surface area (Å²) < 4.78 is 42.6. The maximum absolute atomic E-state index is 14.3. The minimum Gasteiger partial charge on any atom is -0.493 e. The maximum Gasteiger partial charge on any atom is 0.257 e. The summed E-state index contributed by atoms with van der Waals surface area (Å²) in [5.74, 6) is -1.00. The third kappa shape index (κ3) is 5.16. The van der Waals surface area contributed by atoms with Crippen molar-refractivity contribution in [3.63, 3.8) is 0 Å². The number of nitrogens with two attached hydrogens (primary N) is 1. The molecular formula is C21H24F2N4O4S. The Labute approximate surface area is 187 Å². The summed E-state index contributed by atoms with van der Waals surface area (Å²) in [4.78, 5) is 26.2. The number of aromatic nitrogens is 1. The number of hydrogen-bond donors (Lipinski definition) is 2. The van der Waals surface area contributed by atoms with E-state index < -0.39 is 17.9 Å². The number of anilines is 1. The molecule has 0 aliphatic carbocycles. The highest BCUT2D eigenvalue weighted by molar-refractivity contribution is 7.11. The van der Waals surface area contributed by atoms with Crippen LogP contribution in [-0.4, -0.2) is 53.5 Å². The quantitative estimate of drug-likeness (QED) is 0.589. The number of likely N-dealkylation sites (tertiary alicyclic amines) is 1. The number of benzene rings is 1. The van der Waals surface area contributed by atoms with Gasteiger partial charge >= 0.3 is 0 Å². The van der Waals surface area contributed by atoms with Gasteiger partial charge in [-0.1, -0.05) is 0 Å². The minimum atomic E-state index is -0.812. The summed E-state index contributed by atoms with van der Waals surface area (Å²) in [7, 11) is 0. The number of halogens is 2. The molecule has 172 valence electrons. The van der Waals surface area contributed by atoms with Crippen molar-refractivity contribution >= 4 is 28.3 Å². The number of ether oxygens (including phenoxy) is 2. The molecule has 2 aliphatic heterocycles. The molecule has 0 saturated carbocycles. The van der Waals surface area contributed by atoms with E-state index in [-0.39, 0.29) is 40.9 Å². The van der Waals surface area contributed by atoms with Crippen LogP contribution in [0, 0.1) is 5.82 Å². The van der Waals surface area contributed by atoms with Crippen molar-refractivity contribution in [2.45, 2.75) is 38.5 Å². The second-order valence-corrected chi connectivity index (χ2v) is 8.61. The fourth-order valence-electron chi connectivity index (χ4n) is 3.81. The van der Waals surface area contributed by atoms with E-state index in [4.69, 9.17) is 15.2 Å². The Hall–Kier alpha value is -2.79. The number of nitrogens with zero attached hydrogens (tertiary/aromatic N) is 2. The van der Waals surface area contributed by atoms with Gasteiger partial charge in [0.15, 0.2) is 0 Å². The summed E-state index contributed by atoms with van der Waals surface area (Å²) in [6.45, 7) is 2.06. The van der Waals surface area contributed by atoms with Gasteiger partial charge in [-0.2, -0.15) is 4.37 Å². The summed E-state index contributed by atoms with van der Waals surface area (Å²) in [5.41, 5.74) is 6.47. The number of amides is 2. The average molecular weight is 467 g/mol. The van der Waals surface area contributed by atoms with Gasteiger partial charge < -0.3 is 25.4 Å². The molecule has 2 aromatic rings. The standard InChI is InChI=1S/C21H24F2N4O4S/c22-14-3-6-27(10-14)5-1-2-17(28)25-21-18(19(24)29)20(26-32-21)31-11-13-9-16-12(4-7-30-16)8-15(13)23/h8-9,14H,1-7,10-11H2,(H2,24,29)(H,25,28)/t14-/m1/s1. The molecule has 1 saturated heterocycles. The number of primary amides is 1. The smallest absolute Gasteiger partial charge is 0.257 e. The number of carbonyl (C=O) groups excluding carboxylic acids is 2. The van der Waals surface area contributed by atoms with Crippen LogP contribution in [0.3, 0.4) is 0 Å². The minimum absolute atomic E-state index is 0.0546. The lowest BCUT2D eigenvalue weighted by atomic mass is 10.1. The normalized spacial score (nSPS) is 17.8. The number of alkyl halides is 1. The van der Waals surface area contributed by atoms with Crippen LogP contribution < -0.4 is 20.5 Å². The van der Waals surface area contributed by atoms with E-state index >= 15 is 0 Å². The average Bonchev–Trinajstić information content (AvgIpc) is 3.46. The Morgan fingerprint density at radius 3 is 3.00 bits per heavy atom. The highest BCUT2D eigenvalue weighted by atomic mass is 32.1. The zero-order valence-electron chi connectivity index (χ0n) is 17.4. The summed E-state index contributed by atoms with van der Waals surface area (Å²) in [6.07, 6.45) is 1.16. The molecule has 2 aliphatic rings. The van der Waals surface area contributed by atoms with Gasteiger partial charge in [0.25, 0.3) is 5.91 Å². The molecule has 1 fully saturated rings. The van der Waals surface area contributed by atoms with E-state index in [1.807, 2.05) is 4.90 Å². The lowest BCUT2D eigenvalue weighted by Gasteiger charge is -2.13. The third-order valence-electron chi connectivity index (χ3n) is 5.48. The molecule has 32 heavy (non-hydrogen) atoms. The van der Waals surface area contributed by atoms with Crippen molar-refractivity contribution in [3.8, 4) is 11.6 Å². The van der Waals surface area contributed by atoms with E-state index in [1.165, 1.54) is 6.07 Å².